The fourth-order valence-electron chi connectivity index (χ4n) is 1.10. The molecule has 0 fully saturated rings. The molecule has 0 aliphatic carbocycles. The Labute approximate surface area is 80.3 Å². The number of hydrogen-bond acceptors (Lipinski definition) is 3. The summed E-state index contributed by atoms with van der Waals surface area (Å²) in [5, 5.41) is 9.13. The van der Waals surface area contributed by atoms with Crippen LogP contribution in [0.3, 0.4) is 0 Å². The highest BCUT2D eigenvalue weighted by Gasteiger charge is 2.18. The van der Waals surface area contributed by atoms with Crippen LogP contribution in [-0.2, 0) is 0 Å². The Morgan fingerprint density at radius 3 is 2.36 bits per heavy atom. The molecular formula is C9H12F2N2O. The van der Waals surface area contributed by atoms with Crippen molar-refractivity contribution in [3.63, 3.8) is 0 Å². The van der Waals surface area contributed by atoms with Gasteiger partial charge in [0.1, 0.15) is 11.6 Å². The number of aliphatic hydroxyl groups is 1. The van der Waals surface area contributed by atoms with Gasteiger partial charge < -0.3 is 16.6 Å². The smallest absolute Gasteiger partial charge is 0.149 e. The molecule has 0 amide bonds. The molecule has 0 aliphatic rings. The highest BCUT2D eigenvalue weighted by molar-refractivity contribution is 5.44. The van der Waals surface area contributed by atoms with Crippen LogP contribution >= 0.6 is 0 Å². The number of anilines is 1. The number of aliphatic hydroxyl groups excluding tert-OH is 1. The van der Waals surface area contributed by atoms with E-state index in [-0.39, 0.29) is 11.3 Å². The highest BCUT2D eigenvalue weighted by Crippen LogP contribution is 2.22. The monoisotopic (exact) mass is 202 g/mol. The van der Waals surface area contributed by atoms with E-state index in [0.717, 1.165) is 6.07 Å². The molecule has 0 saturated carbocycles. The summed E-state index contributed by atoms with van der Waals surface area (Å²) in [7, 11) is 0. The van der Waals surface area contributed by atoms with Gasteiger partial charge in [0.15, 0.2) is 0 Å². The Morgan fingerprint density at radius 2 is 1.86 bits per heavy atom. The Morgan fingerprint density at radius 1 is 1.29 bits per heavy atom. The normalized spacial score (nSPS) is 15.2. The van der Waals surface area contributed by atoms with Gasteiger partial charge in [0.25, 0.3) is 0 Å². The summed E-state index contributed by atoms with van der Waals surface area (Å²) >= 11 is 0. The van der Waals surface area contributed by atoms with E-state index < -0.39 is 23.8 Å². The number of hydrogen-bond donors (Lipinski definition) is 3. The van der Waals surface area contributed by atoms with E-state index in [4.69, 9.17) is 16.6 Å². The Kier molecular flexibility index (Phi) is 3.03. The summed E-state index contributed by atoms with van der Waals surface area (Å²) in [6.07, 6.45) is -0.922. The van der Waals surface area contributed by atoms with Gasteiger partial charge >= 0.3 is 0 Å². The van der Waals surface area contributed by atoms with E-state index in [2.05, 4.69) is 0 Å². The fourth-order valence-corrected chi connectivity index (χ4v) is 1.10. The standard InChI is InChI=1S/C9H12F2N2O/c1-4(14)9(13)5-2-8(12)7(11)3-6(5)10/h2-4,9,14H,12-13H2,1H3. The second kappa shape index (κ2) is 3.89. The average molecular weight is 202 g/mol. The van der Waals surface area contributed by atoms with Crippen molar-refractivity contribution in [2.24, 2.45) is 5.73 Å². The number of nitrogen functional groups attached to an aromatic ring is 1. The first-order valence-electron chi connectivity index (χ1n) is 4.11. The maximum absolute atomic E-state index is 13.2. The molecule has 5 heteroatoms. The molecular weight excluding hydrogens is 190 g/mol. The van der Waals surface area contributed by atoms with Crippen molar-refractivity contribution in [2.75, 3.05) is 5.73 Å². The largest absolute Gasteiger partial charge is 0.396 e. The van der Waals surface area contributed by atoms with E-state index in [1.165, 1.54) is 6.92 Å². The zero-order valence-electron chi connectivity index (χ0n) is 7.67. The minimum Gasteiger partial charge on any atom is -0.396 e. The van der Waals surface area contributed by atoms with Gasteiger partial charge in [0, 0.05) is 11.6 Å². The van der Waals surface area contributed by atoms with Gasteiger partial charge in [-0.25, -0.2) is 8.78 Å². The third kappa shape index (κ3) is 2.00. The van der Waals surface area contributed by atoms with E-state index in [1.54, 1.807) is 0 Å². The van der Waals surface area contributed by atoms with E-state index >= 15 is 0 Å². The van der Waals surface area contributed by atoms with Gasteiger partial charge in [-0.3, -0.25) is 0 Å². The quantitative estimate of drug-likeness (QED) is 0.624. The molecule has 2 unspecified atom stereocenters. The Hall–Kier alpha value is -1.20. The van der Waals surface area contributed by atoms with Crippen LogP contribution in [0.1, 0.15) is 18.5 Å². The van der Waals surface area contributed by atoms with Crippen LogP contribution in [0, 0.1) is 11.6 Å². The molecule has 78 valence electrons. The molecule has 0 aromatic heterocycles. The molecule has 1 aromatic rings. The summed E-state index contributed by atoms with van der Waals surface area (Å²) in [5.74, 6) is -1.63. The first-order valence-corrected chi connectivity index (χ1v) is 4.11. The summed E-state index contributed by atoms with van der Waals surface area (Å²) < 4.78 is 25.9. The molecule has 1 aromatic carbocycles. The van der Waals surface area contributed by atoms with Crippen LogP contribution in [0.25, 0.3) is 0 Å². The van der Waals surface area contributed by atoms with Crippen molar-refractivity contribution in [3.05, 3.63) is 29.3 Å². The minimum atomic E-state index is -0.922. The summed E-state index contributed by atoms with van der Waals surface area (Å²) in [4.78, 5) is 0. The molecule has 0 radical (unpaired) electrons. The molecule has 5 N–H and O–H groups in total. The van der Waals surface area contributed by atoms with Crippen molar-refractivity contribution in [1.29, 1.82) is 0 Å². The lowest BCUT2D eigenvalue weighted by molar-refractivity contribution is 0.162. The summed E-state index contributed by atoms with van der Waals surface area (Å²) in [6.45, 7) is 1.42. The number of benzene rings is 1. The van der Waals surface area contributed by atoms with Crippen LogP contribution in [0.4, 0.5) is 14.5 Å². The summed E-state index contributed by atoms with van der Waals surface area (Å²) in [6, 6.07) is 0.854. The second-order valence-corrected chi connectivity index (χ2v) is 3.16. The molecule has 0 aliphatic heterocycles. The third-order valence-corrected chi connectivity index (χ3v) is 1.99. The molecule has 0 bridgehead atoms. The predicted octanol–water partition coefficient (Wildman–Crippen LogP) is 0.928. The van der Waals surface area contributed by atoms with Crippen molar-refractivity contribution in [3.8, 4) is 0 Å². The maximum atomic E-state index is 13.2. The summed E-state index contributed by atoms with van der Waals surface area (Å²) in [5.41, 5.74) is 10.6. The van der Waals surface area contributed by atoms with Crippen molar-refractivity contribution in [2.45, 2.75) is 19.1 Å². The van der Waals surface area contributed by atoms with Crippen LogP contribution in [0.15, 0.2) is 12.1 Å². The lowest BCUT2D eigenvalue weighted by Crippen LogP contribution is -2.24. The van der Waals surface area contributed by atoms with Crippen LogP contribution in [0.5, 0.6) is 0 Å². The van der Waals surface area contributed by atoms with Crippen LogP contribution in [0.2, 0.25) is 0 Å². The minimum absolute atomic E-state index is 0.0129. The van der Waals surface area contributed by atoms with Gasteiger partial charge in [-0.2, -0.15) is 0 Å². The van der Waals surface area contributed by atoms with Crippen molar-refractivity contribution in [1.82, 2.24) is 0 Å². The fraction of sp³-hybridized carbons (Fsp3) is 0.333. The maximum Gasteiger partial charge on any atom is 0.149 e. The van der Waals surface area contributed by atoms with Crippen LogP contribution in [-0.4, -0.2) is 11.2 Å². The van der Waals surface area contributed by atoms with Gasteiger partial charge in [-0.15, -0.1) is 0 Å². The van der Waals surface area contributed by atoms with E-state index in [1.807, 2.05) is 0 Å². The van der Waals surface area contributed by atoms with E-state index in [9.17, 15) is 8.78 Å². The number of rotatable bonds is 2. The molecule has 1 rings (SSSR count). The molecule has 2 atom stereocenters. The lowest BCUT2D eigenvalue weighted by Gasteiger charge is -2.16. The van der Waals surface area contributed by atoms with Crippen molar-refractivity contribution >= 4 is 5.69 Å². The Balaban J connectivity index is 3.15. The van der Waals surface area contributed by atoms with Crippen LogP contribution < -0.4 is 11.5 Å². The number of halogens is 2. The predicted molar refractivity (Wildman–Crippen MR) is 49.4 cm³/mol. The zero-order chi connectivity index (χ0) is 10.9. The molecule has 0 saturated heterocycles. The average Bonchev–Trinajstić information content (AvgIpc) is 2.10. The molecule has 14 heavy (non-hydrogen) atoms. The van der Waals surface area contributed by atoms with Gasteiger partial charge in [-0.05, 0) is 13.0 Å². The molecule has 0 spiro atoms. The zero-order valence-corrected chi connectivity index (χ0v) is 7.67. The second-order valence-electron chi connectivity index (χ2n) is 3.16. The van der Waals surface area contributed by atoms with Gasteiger partial charge in [-0.1, -0.05) is 0 Å². The topological polar surface area (TPSA) is 72.3 Å². The number of nitrogens with two attached hydrogens (primary N) is 2. The SMILES string of the molecule is CC(O)C(N)c1cc(N)c(F)cc1F. The Bertz CT molecular complexity index is 342. The molecule has 0 heterocycles. The van der Waals surface area contributed by atoms with Gasteiger partial charge in [0.2, 0.25) is 0 Å². The highest BCUT2D eigenvalue weighted by atomic mass is 19.1. The molecule has 3 nitrogen and oxygen atoms in total. The van der Waals surface area contributed by atoms with E-state index in [0.29, 0.717) is 6.07 Å². The van der Waals surface area contributed by atoms with Crippen molar-refractivity contribution < 1.29 is 13.9 Å². The first-order chi connectivity index (χ1) is 6.43. The third-order valence-electron chi connectivity index (χ3n) is 1.99. The first kappa shape index (κ1) is 10.9. The lowest BCUT2D eigenvalue weighted by atomic mass is 10.0. The van der Waals surface area contributed by atoms with Gasteiger partial charge in [0.05, 0.1) is 17.8 Å².